The van der Waals surface area contributed by atoms with Crippen LogP contribution in [0.2, 0.25) is 0 Å². The van der Waals surface area contributed by atoms with Gasteiger partial charge in [0.2, 0.25) is 5.91 Å². The molecular formula is C13H26N2OS. The summed E-state index contributed by atoms with van der Waals surface area (Å²) in [6.45, 7) is 11.5. The molecule has 0 aromatic rings. The second kappa shape index (κ2) is 6.64. The maximum absolute atomic E-state index is 11.7. The molecule has 4 heteroatoms. The van der Waals surface area contributed by atoms with E-state index in [2.05, 4.69) is 28.9 Å². The molecule has 17 heavy (non-hydrogen) atoms. The van der Waals surface area contributed by atoms with Crippen LogP contribution in [0, 0.1) is 0 Å². The second-order valence-corrected chi connectivity index (χ2v) is 7.16. The van der Waals surface area contributed by atoms with Gasteiger partial charge in [0.25, 0.3) is 0 Å². The highest BCUT2D eigenvalue weighted by Crippen LogP contribution is 2.20. The summed E-state index contributed by atoms with van der Waals surface area (Å²) in [6, 6.07) is 0. The van der Waals surface area contributed by atoms with Gasteiger partial charge >= 0.3 is 0 Å². The average Bonchev–Trinajstić information content (AvgIpc) is 2.24. The molecule has 0 unspecified atom stereocenters. The highest BCUT2D eigenvalue weighted by Gasteiger charge is 2.20. The number of nitrogens with one attached hydrogen (secondary N) is 1. The van der Waals surface area contributed by atoms with Crippen LogP contribution < -0.4 is 5.32 Å². The van der Waals surface area contributed by atoms with Crippen molar-refractivity contribution in [2.45, 2.75) is 51.3 Å². The SMILES string of the molecule is CC[C@@H]1CN(CCC(=O)NC(C)(C)C)CCS1. The average molecular weight is 258 g/mol. The molecule has 1 fully saturated rings. The standard InChI is InChI=1S/C13H26N2OS/c1-5-11-10-15(8-9-17-11)7-6-12(16)14-13(2,3)4/h11H,5-10H2,1-4H3,(H,14,16)/t11-/m1/s1. The first-order chi connectivity index (χ1) is 7.90. The Kier molecular flexibility index (Phi) is 5.80. The van der Waals surface area contributed by atoms with Crippen LogP contribution in [0.3, 0.4) is 0 Å². The van der Waals surface area contributed by atoms with E-state index in [-0.39, 0.29) is 11.4 Å². The van der Waals surface area contributed by atoms with Crippen molar-refractivity contribution in [1.82, 2.24) is 10.2 Å². The van der Waals surface area contributed by atoms with Crippen molar-refractivity contribution in [2.75, 3.05) is 25.4 Å². The first kappa shape index (κ1) is 14.8. The summed E-state index contributed by atoms with van der Waals surface area (Å²) in [4.78, 5) is 14.1. The quantitative estimate of drug-likeness (QED) is 0.838. The van der Waals surface area contributed by atoms with E-state index in [1.807, 2.05) is 20.8 Å². The molecule has 1 amide bonds. The number of nitrogens with zero attached hydrogens (tertiary/aromatic N) is 1. The fourth-order valence-corrected chi connectivity index (χ4v) is 3.22. The van der Waals surface area contributed by atoms with Gasteiger partial charge in [0.15, 0.2) is 0 Å². The van der Waals surface area contributed by atoms with E-state index < -0.39 is 0 Å². The number of hydrogen-bond acceptors (Lipinski definition) is 3. The van der Waals surface area contributed by atoms with E-state index in [4.69, 9.17) is 0 Å². The van der Waals surface area contributed by atoms with Crippen molar-refractivity contribution in [3.05, 3.63) is 0 Å². The van der Waals surface area contributed by atoms with Crippen LogP contribution in [0.4, 0.5) is 0 Å². The predicted octanol–water partition coefficient (Wildman–Crippen LogP) is 2.12. The molecule has 1 aliphatic rings. The van der Waals surface area contributed by atoms with E-state index in [1.165, 1.54) is 12.2 Å². The van der Waals surface area contributed by atoms with Crippen molar-refractivity contribution in [2.24, 2.45) is 0 Å². The summed E-state index contributed by atoms with van der Waals surface area (Å²) in [7, 11) is 0. The molecule has 100 valence electrons. The predicted molar refractivity (Wildman–Crippen MR) is 75.5 cm³/mol. The summed E-state index contributed by atoms with van der Waals surface area (Å²) in [5, 5.41) is 3.77. The van der Waals surface area contributed by atoms with Crippen molar-refractivity contribution < 1.29 is 4.79 Å². The Balaban J connectivity index is 2.23. The summed E-state index contributed by atoms with van der Waals surface area (Å²) in [6.07, 6.45) is 1.85. The van der Waals surface area contributed by atoms with Crippen LogP contribution in [0.15, 0.2) is 0 Å². The number of carbonyl (C=O) groups excluding carboxylic acids is 1. The van der Waals surface area contributed by atoms with Crippen LogP contribution in [-0.2, 0) is 4.79 Å². The molecule has 0 saturated carbocycles. The van der Waals surface area contributed by atoms with Gasteiger partial charge in [-0.05, 0) is 27.2 Å². The molecule has 0 aromatic carbocycles. The Morgan fingerprint density at radius 1 is 1.47 bits per heavy atom. The van der Waals surface area contributed by atoms with Gasteiger partial charge in [-0.2, -0.15) is 11.8 Å². The minimum absolute atomic E-state index is 0.110. The Bertz CT molecular complexity index is 250. The summed E-state index contributed by atoms with van der Waals surface area (Å²) in [5.41, 5.74) is -0.110. The van der Waals surface area contributed by atoms with Gasteiger partial charge in [-0.25, -0.2) is 0 Å². The number of hydrogen-bond donors (Lipinski definition) is 1. The number of rotatable bonds is 4. The van der Waals surface area contributed by atoms with E-state index in [9.17, 15) is 4.79 Å². The molecule has 1 heterocycles. The molecule has 1 N–H and O–H groups in total. The number of amides is 1. The third-order valence-electron chi connectivity index (χ3n) is 2.85. The van der Waals surface area contributed by atoms with Gasteiger partial charge in [0.05, 0.1) is 0 Å². The van der Waals surface area contributed by atoms with Gasteiger partial charge in [0, 0.05) is 42.6 Å². The van der Waals surface area contributed by atoms with Gasteiger partial charge in [0.1, 0.15) is 0 Å². The number of carbonyl (C=O) groups is 1. The Morgan fingerprint density at radius 2 is 2.18 bits per heavy atom. The molecule has 3 nitrogen and oxygen atoms in total. The lowest BCUT2D eigenvalue weighted by atomic mass is 10.1. The molecule has 0 bridgehead atoms. The molecule has 1 atom stereocenters. The highest BCUT2D eigenvalue weighted by molar-refractivity contribution is 8.00. The number of thioether (sulfide) groups is 1. The first-order valence-corrected chi connectivity index (χ1v) is 7.60. The molecule has 0 aromatic heterocycles. The Labute approximate surface area is 110 Å². The Hall–Kier alpha value is -0.220. The molecule has 0 radical (unpaired) electrons. The largest absolute Gasteiger partial charge is 0.351 e. The summed E-state index contributed by atoms with van der Waals surface area (Å²) < 4.78 is 0. The lowest BCUT2D eigenvalue weighted by molar-refractivity contribution is -0.122. The van der Waals surface area contributed by atoms with Gasteiger partial charge in [-0.3, -0.25) is 4.79 Å². The zero-order valence-corrected chi connectivity index (χ0v) is 12.4. The molecule has 1 saturated heterocycles. The minimum atomic E-state index is -0.110. The van der Waals surface area contributed by atoms with Gasteiger partial charge < -0.3 is 10.2 Å². The van der Waals surface area contributed by atoms with Crippen molar-refractivity contribution in [3.8, 4) is 0 Å². The van der Waals surface area contributed by atoms with E-state index >= 15 is 0 Å². The minimum Gasteiger partial charge on any atom is -0.351 e. The second-order valence-electron chi connectivity index (χ2n) is 5.75. The van der Waals surface area contributed by atoms with Crippen LogP contribution >= 0.6 is 11.8 Å². The maximum Gasteiger partial charge on any atom is 0.221 e. The fourth-order valence-electron chi connectivity index (χ4n) is 1.97. The Morgan fingerprint density at radius 3 is 2.76 bits per heavy atom. The summed E-state index contributed by atoms with van der Waals surface area (Å²) >= 11 is 2.07. The van der Waals surface area contributed by atoms with Crippen molar-refractivity contribution >= 4 is 17.7 Å². The van der Waals surface area contributed by atoms with Crippen LogP contribution in [0.25, 0.3) is 0 Å². The highest BCUT2D eigenvalue weighted by atomic mass is 32.2. The molecule has 1 rings (SSSR count). The van der Waals surface area contributed by atoms with Crippen molar-refractivity contribution in [1.29, 1.82) is 0 Å². The van der Waals surface area contributed by atoms with Crippen molar-refractivity contribution in [3.63, 3.8) is 0 Å². The molecule has 1 aliphatic heterocycles. The topological polar surface area (TPSA) is 32.3 Å². The monoisotopic (exact) mass is 258 g/mol. The third-order valence-corrected chi connectivity index (χ3v) is 4.22. The van der Waals surface area contributed by atoms with E-state index in [0.29, 0.717) is 6.42 Å². The van der Waals surface area contributed by atoms with Crippen LogP contribution in [0.5, 0.6) is 0 Å². The zero-order chi connectivity index (χ0) is 12.9. The molecule has 0 spiro atoms. The van der Waals surface area contributed by atoms with Crippen LogP contribution in [0.1, 0.15) is 40.5 Å². The summed E-state index contributed by atoms with van der Waals surface area (Å²) in [5.74, 6) is 1.38. The maximum atomic E-state index is 11.7. The lowest BCUT2D eigenvalue weighted by Gasteiger charge is -2.32. The lowest BCUT2D eigenvalue weighted by Crippen LogP contribution is -2.43. The van der Waals surface area contributed by atoms with Gasteiger partial charge in [-0.1, -0.05) is 6.92 Å². The third kappa shape index (κ3) is 6.32. The van der Waals surface area contributed by atoms with Crippen LogP contribution in [-0.4, -0.2) is 47.0 Å². The molecule has 0 aliphatic carbocycles. The smallest absolute Gasteiger partial charge is 0.221 e. The normalized spacial score (nSPS) is 22.5. The van der Waals surface area contributed by atoms with E-state index in [0.717, 1.165) is 24.9 Å². The van der Waals surface area contributed by atoms with E-state index in [1.54, 1.807) is 0 Å². The van der Waals surface area contributed by atoms with Gasteiger partial charge in [-0.15, -0.1) is 0 Å². The zero-order valence-electron chi connectivity index (χ0n) is 11.6. The first-order valence-electron chi connectivity index (χ1n) is 6.55. The fraction of sp³-hybridized carbons (Fsp3) is 0.923. The molecular weight excluding hydrogens is 232 g/mol.